The molecule has 1 unspecified atom stereocenters. The molecule has 0 radical (unpaired) electrons. The molecule has 0 saturated heterocycles. The van der Waals surface area contributed by atoms with E-state index in [0.717, 1.165) is 60.4 Å². The first kappa shape index (κ1) is 23.3. The van der Waals surface area contributed by atoms with Crippen LogP contribution < -0.4 is 16.4 Å². The number of carbonyl (C=O) groups is 1. The summed E-state index contributed by atoms with van der Waals surface area (Å²) in [4.78, 5) is 21.7. The zero-order valence-corrected chi connectivity index (χ0v) is 20.8. The van der Waals surface area contributed by atoms with Gasteiger partial charge in [0.15, 0.2) is 0 Å². The number of nitrogens with two attached hydrogens (primary N) is 1. The van der Waals surface area contributed by atoms with Crippen LogP contribution in [0.2, 0.25) is 0 Å². The Labute approximate surface area is 216 Å². The van der Waals surface area contributed by atoms with Crippen molar-refractivity contribution >= 4 is 23.1 Å². The maximum atomic E-state index is 12.2. The number of para-hydroxylation sites is 1. The van der Waals surface area contributed by atoms with E-state index in [2.05, 4.69) is 44.3 Å². The van der Waals surface area contributed by atoms with Gasteiger partial charge in [0.2, 0.25) is 0 Å². The average Bonchev–Trinajstić information content (AvgIpc) is 3.54. The summed E-state index contributed by atoms with van der Waals surface area (Å²) in [5.74, 6) is 2.35. The summed E-state index contributed by atoms with van der Waals surface area (Å²) in [5.41, 5.74) is 11.7. The molecule has 4 N–H and O–H groups in total. The molecule has 3 heterocycles. The maximum Gasteiger partial charge on any atom is 0.407 e. The number of nitrogens with zero attached hydrogens (tertiary/aromatic N) is 3. The molecule has 8 nitrogen and oxygen atoms in total. The van der Waals surface area contributed by atoms with Gasteiger partial charge in [0.05, 0.1) is 11.7 Å². The van der Waals surface area contributed by atoms with Gasteiger partial charge in [-0.3, -0.25) is 4.40 Å². The zero-order chi connectivity index (χ0) is 25.2. The smallest absolute Gasteiger partial charge is 0.407 e. The second-order valence-corrected chi connectivity index (χ2v) is 10.1. The summed E-state index contributed by atoms with van der Waals surface area (Å²) < 4.78 is 7.50. The molecule has 190 valence electrons. The van der Waals surface area contributed by atoms with E-state index >= 15 is 0 Å². The predicted octanol–water partition coefficient (Wildman–Crippen LogP) is 5.22. The molecule has 2 aromatic carbocycles. The van der Waals surface area contributed by atoms with Crippen LogP contribution in [0.3, 0.4) is 0 Å². The molecular weight excluding hydrogens is 464 g/mol. The number of anilines is 2. The molecule has 2 aromatic heterocycles. The van der Waals surface area contributed by atoms with Crippen molar-refractivity contribution in [3.05, 3.63) is 89.6 Å². The minimum atomic E-state index is -0.358. The van der Waals surface area contributed by atoms with Crippen LogP contribution in [0.15, 0.2) is 67.0 Å². The second kappa shape index (κ2) is 10.1. The number of nitrogens with one attached hydrogen (secondary N) is 2. The van der Waals surface area contributed by atoms with Gasteiger partial charge in [0.1, 0.15) is 23.8 Å². The third-order valence-electron chi connectivity index (χ3n) is 7.70. The fraction of sp³-hybridized carbons (Fsp3) is 0.345. The molecule has 1 atom stereocenters. The molecule has 0 bridgehead atoms. The number of hydrogen-bond acceptors (Lipinski definition) is 6. The number of rotatable bonds is 6. The van der Waals surface area contributed by atoms with Crippen molar-refractivity contribution in [3.8, 4) is 0 Å². The van der Waals surface area contributed by atoms with Crippen molar-refractivity contribution in [1.29, 1.82) is 0 Å². The summed E-state index contributed by atoms with van der Waals surface area (Å²) in [5, 5.41) is 6.58. The third kappa shape index (κ3) is 4.83. The van der Waals surface area contributed by atoms with E-state index in [1.807, 2.05) is 36.5 Å². The first-order valence-electron chi connectivity index (χ1n) is 13.1. The van der Waals surface area contributed by atoms with Crippen LogP contribution in [-0.4, -0.2) is 27.0 Å². The molecule has 1 saturated carbocycles. The van der Waals surface area contributed by atoms with Crippen molar-refractivity contribution < 1.29 is 9.53 Å². The van der Waals surface area contributed by atoms with Crippen LogP contribution in [0, 0.1) is 5.92 Å². The fourth-order valence-corrected chi connectivity index (χ4v) is 5.74. The quantitative estimate of drug-likeness (QED) is 0.338. The number of amides is 1. The molecule has 1 aliphatic heterocycles. The van der Waals surface area contributed by atoms with E-state index in [9.17, 15) is 4.79 Å². The van der Waals surface area contributed by atoms with Crippen molar-refractivity contribution in [2.24, 2.45) is 5.92 Å². The Balaban J connectivity index is 1.09. The van der Waals surface area contributed by atoms with Crippen LogP contribution in [0.5, 0.6) is 0 Å². The van der Waals surface area contributed by atoms with Gasteiger partial charge in [0, 0.05) is 37.0 Å². The van der Waals surface area contributed by atoms with Crippen LogP contribution in [0.1, 0.15) is 60.3 Å². The average molecular weight is 497 g/mol. The van der Waals surface area contributed by atoms with Gasteiger partial charge in [-0.25, -0.2) is 14.8 Å². The lowest BCUT2D eigenvalue weighted by Crippen LogP contribution is -2.31. The van der Waals surface area contributed by atoms with Crippen LogP contribution in [0.4, 0.5) is 16.3 Å². The lowest BCUT2D eigenvalue weighted by Gasteiger charge is -2.28. The molecule has 0 spiro atoms. The molecule has 1 fully saturated rings. The van der Waals surface area contributed by atoms with Gasteiger partial charge < -0.3 is 21.1 Å². The second-order valence-electron chi connectivity index (χ2n) is 10.1. The standard InChI is InChI=1S/C29H32N6O2/c30-27-26-25(24-16-22-8-4-5-9-23(22)33-24)34-28(35(26)15-14-31-27)21-12-10-19(11-13-21)17-32-29(36)37-18-20-6-2-1-3-7-20/h1-9,14-15,19,21,24,33H,10-13,16-18H2,(H2,30,31)(H,32,36). The van der Waals surface area contributed by atoms with Crippen LogP contribution in [0.25, 0.3) is 5.52 Å². The van der Waals surface area contributed by atoms with E-state index in [4.69, 9.17) is 15.5 Å². The maximum absolute atomic E-state index is 12.2. The van der Waals surface area contributed by atoms with Crippen LogP contribution in [-0.2, 0) is 17.8 Å². The molecular formula is C29H32N6O2. The van der Waals surface area contributed by atoms with Gasteiger partial charge in [0.25, 0.3) is 0 Å². The number of alkyl carbamates (subject to hydrolysis) is 1. The number of imidazole rings is 1. The summed E-state index contributed by atoms with van der Waals surface area (Å²) >= 11 is 0. The normalized spacial score (nSPS) is 20.8. The highest BCUT2D eigenvalue weighted by Gasteiger charge is 2.31. The van der Waals surface area contributed by atoms with E-state index in [-0.39, 0.29) is 18.7 Å². The number of carbonyl (C=O) groups excluding carboxylic acids is 1. The van der Waals surface area contributed by atoms with Gasteiger partial charge in [-0.2, -0.15) is 0 Å². The topological polar surface area (TPSA) is 107 Å². The Morgan fingerprint density at radius 3 is 2.68 bits per heavy atom. The van der Waals surface area contributed by atoms with E-state index in [1.165, 1.54) is 5.56 Å². The first-order chi connectivity index (χ1) is 18.2. The number of benzene rings is 2. The number of hydrogen-bond donors (Lipinski definition) is 3. The lowest BCUT2D eigenvalue weighted by atomic mass is 9.81. The molecule has 6 rings (SSSR count). The molecule has 37 heavy (non-hydrogen) atoms. The molecule has 1 aliphatic carbocycles. The molecule has 1 amide bonds. The van der Waals surface area contributed by atoms with Crippen molar-refractivity contribution in [2.45, 2.75) is 50.7 Å². The monoisotopic (exact) mass is 496 g/mol. The van der Waals surface area contributed by atoms with E-state index in [0.29, 0.717) is 24.2 Å². The van der Waals surface area contributed by atoms with Gasteiger partial charge in [-0.05, 0) is 48.8 Å². The van der Waals surface area contributed by atoms with Gasteiger partial charge in [-0.15, -0.1) is 0 Å². The Morgan fingerprint density at radius 1 is 1.08 bits per heavy atom. The van der Waals surface area contributed by atoms with Gasteiger partial charge in [-0.1, -0.05) is 48.5 Å². The van der Waals surface area contributed by atoms with Gasteiger partial charge >= 0.3 is 6.09 Å². The summed E-state index contributed by atoms with van der Waals surface area (Å²) in [7, 11) is 0. The number of fused-ring (bicyclic) bond motifs is 2. The highest BCUT2D eigenvalue weighted by atomic mass is 16.5. The van der Waals surface area contributed by atoms with Crippen LogP contribution >= 0.6 is 0 Å². The summed E-state index contributed by atoms with van der Waals surface area (Å²) in [6.45, 7) is 0.919. The highest BCUT2D eigenvalue weighted by Crippen LogP contribution is 2.40. The third-order valence-corrected chi connectivity index (χ3v) is 7.70. The van der Waals surface area contributed by atoms with Crippen molar-refractivity contribution in [1.82, 2.24) is 19.7 Å². The SMILES string of the molecule is Nc1nccn2c(C3CCC(CNC(=O)OCc4ccccc4)CC3)nc(C3Cc4ccccc4N3)c12. The zero-order valence-electron chi connectivity index (χ0n) is 20.8. The molecule has 8 heteroatoms. The Kier molecular flexibility index (Phi) is 6.39. The minimum absolute atomic E-state index is 0.0788. The predicted molar refractivity (Wildman–Crippen MR) is 143 cm³/mol. The Morgan fingerprint density at radius 2 is 1.86 bits per heavy atom. The first-order valence-corrected chi connectivity index (χ1v) is 13.1. The lowest BCUT2D eigenvalue weighted by molar-refractivity contribution is 0.136. The largest absolute Gasteiger partial charge is 0.445 e. The number of nitrogen functional groups attached to an aromatic ring is 1. The highest BCUT2D eigenvalue weighted by molar-refractivity contribution is 5.72. The van der Waals surface area contributed by atoms with Crippen molar-refractivity contribution in [2.75, 3.05) is 17.6 Å². The van der Waals surface area contributed by atoms with E-state index < -0.39 is 0 Å². The van der Waals surface area contributed by atoms with E-state index in [1.54, 1.807) is 6.20 Å². The summed E-state index contributed by atoms with van der Waals surface area (Å²) in [6, 6.07) is 18.2. The molecule has 2 aliphatic rings. The Bertz CT molecular complexity index is 1370. The molecule has 4 aromatic rings. The number of ether oxygens (including phenoxy) is 1. The van der Waals surface area contributed by atoms with Crippen molar-refractivity contribution in [3.63, 3.8) is 0 Å². The fourth-order valence-electron chi connectivity index (χ4n) is 5.74. The minimum Gasteiger partial charge on any atom is -0.445 e. The summed E-state index contributed by atoms with van der Waals surface area (Å²) in [6.07, 6.45) is 8.36. The Hall–Kier alpha value is -4.07. The number of aromatic nitrogens is 3.